The van der Waals surface area contributed by atoms with Crippen molar-refractivity contribution >= 4 is 11.4 Å². The number of pyridine rings is 1. The van der Waals surface area contributed by atoms with Gasteiger partial charge in [-0.1, -0.05) is 43.0 Å². The summed E-state index contributed by atoms with van der Waals surface area (Å²) in [6.07, 6.45) is 1.64. The zero-order chi connectivity index (χ0) is 12.1. The highest BCUT2D eigenvalue weighted by molar-refractivity contribution is 5.66. The smallest absolute Gasteiger partial charge is 0.152 e. The normalized spacial score (nSPS) is 9.94. The number of hydroxylamine groups is 1. The van der Waals surface area contributed by atoms with E-state index < -0.39 is 0 Å². The number of rotatable bonds is 4. The third-order valence-corrected chi connectivity index (χ3v) is 2.44. The van der Waals surface area contributed by atoms with Crippen LogP contribution in [0.4, 0.5) is 5.82 Å². The van der Waals surface area contributed by atoms with Gasteiger partial charge in [0, 0.05) is 6.20 Å². The molecule has 0 aliphatic rings. The fraction of sp³-hybridized carbons (Fsp3) is 0.0714. The van der Waals surface area contributed by atoms with E-state index in [2.05, 4.69) is 11.6 Å². The summed E-state index contributed by atoms with van der Waals surface area (Å²) in [4.78, 5) is 4.06. The molecule has 0 saturated carbocycles. The van der Waals surface area contributed by atoms with E-state index in [1.54, 1.807) is 12.3 Å². The predicted octanol–water partition coefficient (Wildman–Crippen LogP) is 2.99. The van der Waals surface area contributed by atoms with Crippen molar-refractivity contribution in [3.05, 3.63) is 66.9 Å². The molecule has 3 nitrogen and oxygen atoms in total. The molecule has 1 heterocycles. The van der Waals surface area contributed by atoms with Gasteiger partial charge >= 0.3 is 0 Å². The topological polar surface area (TPSA) is 36.4 Å². The van der Waals surface area contributed by atoms with Gasteiger partial charge in [0.1, 0.15) is 0 Å². The van der Waals surface area contributed by atoms with Gasteiger partial charge in [-0.3, -0.25) is 5.21 Å². The van der Waals surface area contributed by atoms with Crippen molar-refractivity contribution < 1.29 is 5.21 Å². The van der Waals surface area contributed by atoms with E-state index in [-0.39, 0.29) is 0 Å². The molecular weight excluding hydrogens is 212 g/mol. The lowest BCUT2D eigenvalue weighted by Crippen LogP contribution is -2.21. The van der Waals surface area contributed by atoms with Crippen LogP contribution < -0.4 is 5.06 Å². The van der Waals surface area contributed by atoms with Crippen molar-refractivity contribution in [1.29, 1.82) is 0 Å². The first-order valence-corrected chi connectivity index (χ1v) is 5.38. The summed E-state index contributed by atoms with van der Waals surface area (Å²) in [6, 6.07) is 15.2. The molecule has 2 rings (SSSR count). The van der Waals surface area contributed by atoms with E-state index >= 15 is 0 Å². The Morgan fingerprint density at radius 2 is 1.82 bits per heavy atom. The average Bonchev–Trinajstić information content (AvgIpc) is 2.40. The van der Waals surface area contributed by atoms with Gasteiger partial charge in [-0.15, -0.1) is 0 Å². The molecule has 0 amide bonds. The van der Waals surface area contributed by atoms with Gasteiger partial charge < -0.3 is 0 Å². The van der Waals surface area contributed by atoms with Crippen LogP contribution in [0.1, 0.15) is 5.56 Å². The molecule has 0 atom stereocenters. The van der Waals surface area contributed by atoms with Gasteiger partial charge in [-0.05, 0) is 23.3 Å². The zero-order valence-corrected chi connectivity index (χ0v) is 9.45. The van der Waals surface area contributed by atoms with Crippen molar-refractivity contribution in [2.24, 2.45) is 0 Å². The fourth-order valence-corrected chi connectivity index (χ4v) is 1.53. The van der Waals surface area contributed by atoms with Crippen LogP contribution in [0.15, 0.2) is 61.3 Å². The number of hydrogen-bond acceptors (Lipinski definition) is 3. The number of anilines is 1. The van der Waals surface area contributed by atoms with E-state index in [0.717, 1.165) is 16.2 Å². The van der Waals surface area contributed by atoms with Crippen molar-refractivity contribution in [1.82, 2.24) is 4.98 Å². The van der Waals surface area contributed by atoms with Crippen LogP contribution in [0.5, 0.6) is 0 Å². The average molecular weight is 226 g/mol. The molecule has 0 spiro atoms. The van der Waals surface area contributed by atoms with E-state index in [9.17, 15) is 5.21 Å². The Balaban J connectivity index is 2.05. The molecule has 1 N–H and O–H groups in total. The summed E-state index contributed by atoms with van der Waals surface area (Å²) in [7, 11) is 0. The molecule has 1 aromatic heterocycles. The van der Waals surface area contributed by atoms with Crippen molar-refractivity contribution in [2.75, 3.05) is 11.6 Å². The van der Waals surface area contributed by atoms with E-state index in [0.29, 0.717) is 12.4 Å². The van der Waals surface area contributed by atoms with E-state index in [1.807, 2.05) is 42.5 Å². The largest absolute Gasteiger partial charge is 0.287 e. The highest BCUT2D eigenvalue weighted by Gasteiger charge is 2.06. The Kier molecular flexibility index (Phi) is 3.52. The van der Waals surface area contributed by atoms with Gasteiger partial charge in [0.05, 0.1) is 6.54 Å². The first-order chi connectivity index (χ1) is 8.27. The second kappa shape index (κ2) is 5.27. The highest BCUT2D eigenvalue weighted by Crippen LogP contribution is 2.15. The number of nitrogens with zero attached hydrogens (tertiary/aromatic N) is 2. The van der Waals surface area contributed by atoms with Gasteiger partial charge in [0.2, 0.25) is 0 Å². The molecular formula is C14H14N2O. The second-order valence-corrected chi connectivity index (χ2v) is 3.72. The summed E-state index contributed by atoms with van der Waals surface area (Å²) >= 11 is 0. The molecule has 0 bridgehead atoms. The minimum absolute atomic E-state index is 0.334. The van der Waals surface area contributed by atoms with Crippen LogP contribution in [-0.4, -0.2) is 16.7 Å². The summed E-state index contributed by atoms with van der Waals surface area (Å²) in [6.45, 7) is 4.30. The Bertz CT molecular complexity index is 482. The van der Waals surface area contributed by atoms with Gasteiger partial charge in [-0.2, -0.15) is 0 Å². The van der Waals surface area contributed by atoms with Gasteiger partial charge in [-0.25, -0.2) is 10.0 Å². The van der Waals surface area contributed by atoms with Crippen molar-refractivity contribution in [3.63, 3.8) is 0 Å². The lowest BCUT2D eigenvalue weighted by molar-refractivity contribution is 0.265. The minimum atomic E-state index is 0.334. The Morgan fingerprint density at radius 3 is 2.47 bits per heavy atom. The Hall–Kier alpha value is -2.13. The molecule has 86 valence electrons. The maximum Gasteiger partial charge on any atom is 0.152 e. The van der Waals surface area contributed by atoms with Crippen LogP contribution in [0, 0.1) is 0 Å². The molecule has 0 unspecified atom stereocenters. The quantitative estimate of drug-likeness (QED) is 0.814. The van der Waals surface area contributed by atoms with Crippen LogP contribution >= 0.6 is 0 Å². The Morgan fingerprint density at radius 1 is 1.12 bits per heavy atom. The number of hydrogen-bond donors (Lipinski definition) is 1. The SMILES string of the molecule is C=C(CN(O)c1ccccn1)c1ccccc1. The van der Waals surface area contributed by atoms with Crippen LogP contribution in [0.3, 0.4) is 0 Å². The van der Waals surface area contributed by atoms with Crippen LogP contribution in [0.25, 0.3) is 5.57 Å². The maximum absolute atomic E-state index is 9.86. The minimum Gasteiger partial charge on any atom is -0.287 e. The second-order valence-electron chi connectivity index (χ2n) is 3.72. The summed E-state index contributed by atoms with van der Waals surface area (Å²) in [5, 5.41) is 11.0. The predicted molar refractivity (Wildman–Crippen MR) is 68.8 cm³/mol. The third kappa shape index (κ3) is 2.92. The monoisotopic (exact) mass is 226 g/mol. The Labute approximate surface area is 101 Å². The lowest BCUT2D eigenvalue weighted by atomic mass is 10.1. The lowest BCUT2D eigenvalue weighted by Gasteiger charge is -2.17. The first-order valence-electron chi connectivity index (χ1n) is 5.38. The van der Waals surface area contributed by atoms with Crippen molar-refractivity contribution in [3.8, 4) is 0 Å². The first kappa shape index (κ1) is 11.4. The molecule has 17 heavy (non-hydrogen) atoms. The summed E-state index contributed by atoms with van der Waals surface area (Å²) in [5.41, 5.74) is 1.86. The zero-order valence-electron chi connectivity index (χ0n) is 9.45. The molecule has 0 aliphatic carbocycles. The van der Waals surface area contributed by atoms with Gasteiger partial charge in [0.25, 0.3) is 0 Å². The molecule has 2 aromatic rings. The standard InChI is InChI=1S/C14H14N2O/c1-12(13-7-3-2-4-8-13)11-16(17)14-9-5-6-10-15-14/h2-10,17H,1,11H2. The fourth-order valence-electron chi connectivity index (χ4n) is 1.53. The van der Waals surface area contributed by atoms with Crippen LogP contribution in [0.2, 0.25) is 0 Å². The molecule has 0 saturated heterocycles. The summed E-state index contributed by atoms with van der Waals surface area (Å²) < 4.78 is 0. The highest BCUT2D eigenvalue weighted by atomic mass is 16.5. The van der Waals surface area contributed by atoms with E-state index in [4.69, 9.17) is 0 Å². The molecule has 0 aliphatic heterocycles. The summed E-state index contributed by atoms with van der Waals surface area (Å²) in [5.74, 6) is 0.518. The van der Waals surface area contributed by atoms with Crippen LogP contribution in [-0.2, 0) is 0 Å². The third-order valence-electron chi connectivity index (χ3n) is 2.44. The number of benzene rings is 1. The molecule has 0 fully saturated rings. The van der Waals surface area contributed by atoms with Gasteiger partial charge in [0.15, 0.2) is 5.82 Å². The molecule has 3 heteroatoms. The number of aromatic nitrogens is 1. The molecule has 1 aromatic carbocycles. The van der Waals surface area contributed by atoms with Crippen molar-refractivity contribution in [2.45, 2.75) is 0 Å². The maximum atomic E-state index is 9.86. The van der Waals surface area contributed by atoms with E-state index in [1.165, 1.54) is 0 Å². The molecule has 0 radical (unpaired) electrons.